The van der Waals surface area contributed by atoms with Crippen LogP contribution < -0.4 is 14.2 Å². The highest BCUT2D eigenvalue weighted by Gasteiger charge is 2.10. The lowest BCUT2D eigenvalue weighted by molar-refractivity contribution is 0.263. The van der Waals surface area contributed by atoms with E-state index in [9.17, 15) is 0 Å². The topological polar surface area (TPSA) is 30.9 Å². The van der Waals surface area contributed by atoms with Crippen LogP contribution in [0.3, 0.4) is 0 Å². The molecule has 3 rings (SSSR count). The molecule has 0 spiro atoms. The molecule has 1 heterocycles. The maximum atomic E-state index is 5.86. The molecule has 0 N–H and O–H groups in total. The van der Waals surface area contributed by atoms with Gasteiger partial charge in [-0.25, -0.2) is 0 Å². The Labute approximate surface area is 174 Å². The summed E-state index contributed by atoms with van der Waals surface area (Å²) in [6.07, 6.45) is 7.90. The lowest BCUT2D eigenvalue weighted by Crippen LogP contribution is -2.21. The molecule has 1 aliphatic heterocycles. The van der Waals surface area contributed by atoms with E-state index in [1.807, 2.05) is 30.3 Å². The number of halogens is 1. The zero-order valence-corrected chi connectivity index (χ0v) is 17.5. The van der Waals surface area contributed by atoms with Crippen LogP contribution in [0.5, 0.6) is 17.2 Å². The third-order valence-electron chi connectivity index (χ3n) is 4.81. The molecule has 2 aromatic carbocycles. The normalized spacial score (nSPS) is 14.1. The molecule has 5 heteroatoms. The van der Waals surface area contributed by atoms with E-state index in [0.717, 1.165) is 47.9 Å². The molecule has 152 valence electrons. The number of ether oxygens (including phenoxy) is 3. The Balaban J connectivity index is 0.00000280. The molecule has 1 saturated heterocycles. The molecule has 0 bridgehead atoms. The van der Waals surface area contributed by atoms with Crippen molar-refractivity contribution < 1.29 is 14.2 Å². The highest BCUT2D eigenvalue weighted by molar-refractivity contribution is 5.85. The van der Waals surface area contributed by atoms with Gasteiger partial charge < -0.3 is 19.1 Å². The van der Waals surface area contributed by atoms with Crippen LogP contribution in [-0.4, -0.2) is 45.4 Å². The monoisotopic (exact) mass is 403 g/mol. The molecule has 4 nitrogen and oxygen atoms in total. The standard InChI is InChI=1S/C23H29NO3.ClH/c1-25-22-16-20(17-23(18-22)26-2)7-6-19-8-10-21(11-9-19)27-15-5-14-24-12-3-4-13-24;/h6-11,16-18H,3-5,12-15H2,1-2H3;1H/b7-6+;. The SMILES string of the molecule is COc1cc(/C=C/c2ccc(OCCCN3CCCC3)cc2)cc(OC)c1.Cl. The zero-order chi connectivity index (χ0) is 18.9. The molecule has 1 aliphatic rings. The Morgan fingerprint density at radius 3 is 2.04 bits per heavy atom. The molecule has 0 radical (unpaired) electrons. The molecular formula is C23H30ClNO3. The van der Waals surface area contributed by atoms with Gasteiger partial charge in [0, 0.05) is 12.6 Å². The van der Waals surface area contributed by atoms with Crippen molar-refractivity contribution >= 4 is 24.6 Å². The van der Waals surface area contributed by atoms with Crippen molar-refractivity contribution in [2.75, 3.05) is 40.5 Å². The van der Waals surface area contributed by atoms with E-state index in [1.54, 1.807) is 14.2 Å². The molecule has 2 aromatic rings. The predicted molar refractivity (Wildman–Crippen MR) is 118 cm³/mol. The summed E-state index contributed by atoms with van der Waals surface area (Å²) in [5.41, 5.74) is 2.16. The smallest absolute Gasteiger partial charge is 0.123 e. The van der Waals surface area contributed by atoms with Gasteiger partial charge in [0.2, 0.25) is 0 Å². The first-order chi connectivity index (χ1) is 13.3. The largest absolute Gasteiger partial charge is 0.497 e. The Bertz CT molecular complexity index is 718. The summed E-state index contributed by atoms with van der Waals surface area (Å²) in [6.45, 7) is 4.42. The number of nitrogens with zero attached hydrogens (tertiary/aromatic N) is 1. The van der Waals surface area contributed by atoms with E-state index in [2.05, 4.69) is 29.2 Å². The summed E-state index contributed by atoms with van der Waals surface area (Å²) >= 11 is 0. The van der Waals surface area contributed by atoms with Crippen LogP contribution in [0.15, 0.2) is 42.5 Å². The van der Waals surface area contributed by atoms with E-state index < -0.39 is 0 Å². The van der Waals surface area contributed by atoms with Crippen LogP contribution >= 0.6 is 12.4 Å². The van der Waals surface area contributed by atoms with Crippen LogP contribution in [0, 0.1) is 0 Å². The maximum absolute atomic E-state index is 5.86. The second-order valence-electron chi connectivity index (χ2n) is 6.80. The first-order valence-electron chi connectivity index (χ1n) is 9.63. The summed E-state index contributed by atoms with van der Waals surface area (Å²) in [5.74, 6) is 2.50. The molecule has 1 fully saturated rings. The van der Waals surface area contributed by atoms with Crippen LogP contribution in [0.2, 0.25) is 0 Å². The number of likely N-dealkylation sites (tertiary alicyclic amines) is 1. The minimum atomic E-state index is 0. The summed E-state index contributed by atoms with van der Waals surface area (Å²) in [4.78, 5) is 2.52. The molecule has 0 unspecified atom stereocenters. The van der Waals surface area contributed by atoms with Crippen molar-refractivity contribution in [3.05, 3.63) is 53.6 Å². The third kappa shape index (κ3) is 6.77. The Hall–Kier alpha value is -2.17. The van der Waals surface area contributed by atoms with Crippen LogP contribution in [0.25, 0.3) is 12.2 Å². The highest BCUT2D eigenvalue weighted by atomic mass is 35.5. The number of benzene rings is 2. The highest BCUT2D eigenvalue weighted by Crippen LogP contribution is 2.24. The number of hydrogen-bond acceptors (Lipinski definition) is 4. The Kier molecular flexibility index (Phi) is 9.18. The minimum absolute atomic E-state index is 0. The van der Waals surface area contributed by atoms with Gasteiger partial charge in [0.25, 0.3) is 0 Å². The van der Waals surface area contributed by atoms with Crippen molar-refractivity contribution in [3.63, 3.8) is 0 Å². The van der Waals surface area contributed by atoms with Crippen molar-refractivity contribution in [1.29, 1.82) is 0 Å². The van der Waals surface area contributed by atoms with Gasteiger partial charge in [0.1, 0.15) is 17.2 Å². The van der Waals surface area contributed by atoms with Crippen molar-refractivity contribution in [3.8, 4) is 17.2 Å². The van der Waals surface area contributed by atoms with Crippen molar-refractivity contribution in [1.82, 2.24) is 4.90 Å². The van der Waals surface area contributed by atoms with E-state index in [4.69, 9.17) is 14.2 Å². The number of hydrogen-bond donors (Lipinski definition) is 0. The molecule has 0 amide bonds. The van der Waals surface area contributed by atoms with Crippen molar-refractivity contribution in [2.24, 2.45) is 0 Å². The second-order valence-corrected chi connectivity index (χ2v) is 6.80. The third-order valence-corrected chi connectivity index (χ3v) is 4.81. The summed E-state index contributed by atoms with van der Waals surface area (Å²) < 4.78 is 16.5. The average Bonchev–Trinajstić information content (AvgIpc) is 3.23. The molecule has 28 heavy (non-hydrogen) atoms. The minimum Gasteiger partial charge on any atom is -0.497 e. The van der Waals surface area contributed by atoms with Gasteiger partial charge in [-0.1, -0.05) is 24.3 Å². The lowest BCUT2D eigenvalue weighted by Gasteiger charge is -2.14. The van der Waals surface area contributed by atoms with Gasteiger partial charge in [-0.15, -0.1) is 12.4 Å². The van der Waals surface area contributed by atoms with Gasteiger partial charge in [-0.3, -0.25) is 0 Å². The maximum Gasteiger partial charge on any atom is 0.123 e. The van der Waals surface area contributed by atoms with Crippen molar-refractivity contribution in [2.45, 2.75) is 19.3 Å². The van der Waals surface area contributed by atoms with Gasteiger partial charge in [0.05, 0.1) is 20.8 Å². The lowest BCUT2D eigenvalue weighted by atomic mass is 10.1. The van der Waals surface area contributed by atoms with Crippen LogP contribution in [0.1, 0.15) is 30.4 Å². The summed E-state index contributed by atoms with van der Waals surface area (Å²) in [7, 11) is 3.32. The Morgan fingerprint density at radius 1 is 0.821 bits per heavy atom. The van der Waals surface area contributed by atoms with E-state index in [0.29, 0.717) is 0 Å². The second kappa shape index (κ2) is 11.6. The quantitative estimate of drug-likeness (QED) is 0.427. The first-order valence-corrected chi connectivity index (χ1v) is 9.63. The molecule has 0 aromatic heterocycles. The van der Waals surface area contributed by atoms with Gasteiger partial charge >= 0.3 is 0 Å². The van der Waals surface area contributed by atoms with Gasteiger partial charge in [-0.2, -0.15) is 0 Å². The van der Waals surface area contributed by atoms with Crippen LogP contribution in [-0.2, 0) is 0 Å². The Morgan fingerprint density at radius 2 is 1.43 bits per heavy atom. The summed E-state index contributed by atoms with van der Waals surface area (Å²) in [6, 6.07) is 14.0. The fourth-order valence-corrected chi connectivity index (χ4v) is 3.28. The van der Waals surface area contributed by atoms with Gasteiger partial charge in [0.15, 0.2) is 0 Å². The zero-order valence-electron chi connectivity index (χ0n) is 16.7. The van der Waals surface area contributed by atoms with Gasteiger partial charge in [-0.05, 0) is 67.7 Å². The number of rotatable bonds is 9. The first kappa shape index (κ1) is 22.1. The molecule has 0 atom stereocenters. The molecule has 0 saturated carbocycles. The fourth-order valence-electron chi connectivity index (χ4n) is 3.28. The van der Waals surface area contributed by atoms with Crippen LogP contribution in [0.4, 0.5) is 0 Å². The average molecular weight is 404 g/mol. The molecule has 0 aliphatic carbocycles. The number of methoxy groups -OCH3 is 2. The summed E-state index contributed by atoms with van der Waals surface area (Å²) in [5, 5.41) is 0. The van der Waals surface area contributed by atoms with E-state index in [-0.39, 0.29) is 12.4 Å². The fraction of sp³-hybridized carbons (Fsp3) is 0.391. The van der Waals surface area contributed by atoms with E-state index in [1.165, 1.54) is 25.9 Å². The molecular weight excluding hydrogens is 374 g/mol. The van der Waals surface area contributed by atoms with E-state index >= 15 is 0 Å². The predicted octanol–water partition coefficient (Wildman–Crippen LogP) is 5.16.